The summed E-state index contributed by atoms with van der Waals surface area (Å²) >= 11 is 2.92. The molecule has 0 atom stereocenters. The molecule has 0 amide bonds. The third-order valence-corrected chi connectivity index (χ3v) is 6.48. The average Bonchev–Trinajstić information content (AvgIpc) is 3.34. The fraction of sp³-hybridized carbons (Fsp3) is 0.250. The van der Waals surface area contributed by atoms with Gasteiger partial charge in [0.05, 0.1) is 12.3 Å². The Labute approximate surface area is 164 Å². The number of hydrogen-bond donors (Lipinski definition) is 0. The summed E-state index contributed by atoms with van der Waals surface area (Å²) in [6.45, 7) is 0.547. The van der Waals surface area contributed by atoms with Gasteiger partial charge >= 0.3 is 5.69 Å². The van der Waals surface area contributed by atoms with Crippen LogP contribution in [-0.4, -0.2) is 21.1 Å². The molecule has 0 saturated carbocycles. The van der Waals surface area contributed by atoms with Crippen molar-refractivity contribution in [3.8, 4) is 0 Å². The van der Waals surface area contributed by atoms with Gasteiger partial charge in [0, 0.05) is 21.7 Å². The van der Waals surface area contributed by atoms with E-state index in [1.165, 1.54) is 36.0 Å². The molecule has 0 aliphatic heterocycles. The molecular formula is C20H17FN2O2S2. The lowest BCUT2D eigenvalue weighted by atomic mass is 10.1. The number of ketones is 1. The topological polar surface area (TPSA) is 52.0 Å². The number of fused-ring (bicyclic) bond motifs is 1. The van der Waals surface area contributed by atoms with E-state index in [1.807, 2.05) is 17.5 Å². The third kappa shape index (κ3) is 3.89. The van der Waals surface area contributed by atoms with Crippen LogP contribution in [0.3, 0.4) is 0 Å². The maximum atomic E-state index is 13.0. The zero-order valence-electron chi connectivity index (χ0n) is 14.5. The summed E-state index contributed by atoms with van der Waals surface area (Å²) in [7, 11) is 0. The Hall–Kier alpha value is -2.25. The highest BCUT2D eigenvalue weighted by Gasteiger charge is 2.23. The first-order chi connectivity index (χ1) is 13.1. The molecule has 3 aromatic rings. The standard InChI is InChI=1S/C20H17FN2O2S2/c21-14-8-6-13(7-9-14)18(24)12-27-19-16-4-1-5-17(16)23(20(25)22-19)11-15-3-2-10-26-15/h2-3,6-10H,1,4-5,11-12H2. The van der Waals surface area contributed by atoms with E-state index in [0.29, 0.717) is 17.1 Å². The summed E-state index contributed by atoms with van der Waals surface area (Å²) in [6.07, 6.45) is 2.72. The normalized spacial score (nSPS) is 12.9. The van der Waals surface area contributed by atoms with Crippen molar-refractivity contribution >= 4 is 28.9 Å². The molecular weight excluding hydrogens is 383 g/mol. The van der Waals surface area contributed by atoms with Crippen LogP contribution in [-0.2, 0) is 19.4 Å². The number of benzene rings is 1. The fourth-order valence-electron chi connectivity index (χ4n) is 3.28. The number of carbonyl (C=O) groups is 1. The van der Waals surface area contributed by atoms with Crippen molar-refractivity contribution in [3.05, 3.63) is 79.8 Å². The van der Waals surface area contributed by atoms with E-state index >= 15 is 0 Å². The van der Waals surface area contributed by atoms with E-state index in [0.717, 1.165) is 35.4 Å². The minimum atomic E-state index is -0.368. The van der Waals surface area contributed by atoms with E-state index in [2.05, 4.69) is 4.98 Å². The monoisotopic (exact) mass is 400 g/mol. The van der Waals surface area contributed by atoms with Crippen LogP contribution in [0.25, 0.3) is 0 Å². The molecule has 0 radical (unpaired) electrons. The van der Waals surface area contributed by atoms with Crippen LogP contribution in [0.5, 0.6) is 0 Å². The second-order valence-corrected chi connectivity index (χ2v) is 8.36. The number of nitrogens with zero attached hydrogens (tertiary/aromatic N) is 2. The number of aromatic nitrogens is 2. The molecule has 0 spiro atoms. The summed E-state index contributed by atoms with van der Waals surface area (Å²) < 4.78 is 14.8. The number of thioether (sulfide) groups is 1. The molecule has 138 valence electrons. The molecule has 4 nitrogen and oxygen atoms in total. The number of rotatable bonds is 6. The maximum Gasteiger partial charge on any atom is 0.349 e. The Kier molecular flexibility index (Phi) is 5.22. The van der Waals surface area contributed by atoms with Crippen molar-refractivity contribution in [2.75, 3.05) is 5.75 Å². The van der Waals surface area contributed by atoms with Crippen molar-refractivity contribution in [1.29, 1.82) is 0 Å². The van der Waals surface area contributed by atoms with Crippen molar-refractivity contribution in [2.24, 2.45) is 0 Å². The minimum Gasteiger partial charge on any atom is -0.293 e. The second-order valence-electron chi connectivity index (χ2n) is 6.36. The molecule has 7 heteroatoms. The van der Waals surface area contributed by atoms with Crippen LogP contribution in [0.4, 0.5) is 4.39 Å². The van der Waals surface area contributed by atoms with Crippen molar-refractivity contribution in [3.63, 3.8) is 0 Å². The summed E-state index contributed by atoms with van der Waals surface area (Å²) in [4.78, 5) is 30.3. The predicted octanol–water partition coefficient (Wildman–Crippen LogP) is 3.96. The Morgan fingerprint density at radius 1 is 1.22 bits per heavy atom. The Morgan fingerprint density at radius 3 is 2.78 bits per heavy atom. The highest BCUT2D eigenvalue weighted by atomic mass is 32.2. The fourth-order valence-corrected chi connectivity index (χ4v) is 4.94. The van der Waals surface area contributed by atoms with Gasteiger partial charge < -0.3 is 0 Å². The molecule has 0 saturated heterocycles. The Balaban J connectivity index is 1.56. The molecule has 27 heavy (non-hydrogen) atoms. The van der Waals surface area contributed by atoms with E-state index in [-0.39, 0.29) is 23.0 Å². The second kappa shape index (κ2) is 7.78. The third-order valence-electron chi connectivity index (χ3n) is 4.60. The smallest absolute Gasteiger partial charge is 0.293 e. The van der Waals surface area contributed by atoms with Gasteiger partial charge in [0.25, 0.3) is 0 Å². The summed E-state index contributed by atoms with van der Waals surface area (Å²) in [5.74, 6) is -0.288. The molecule has 1 aliphatic carbocycles. The zero-order valence-corrected chi connectivity index (χ0v) is 16.1. The molecule has 2 aromatic heterocycles. The summed E-state index contributed by atoms with van der Waals surface area (Å²) in [5, 5.41) is 2.66. The van der Waals surface area contributed by atoms with Crippen LogP contribution in [0, 0.1) is 5.82 Å². The minimum absolute atomic E-state index is 0.101. The van der Waals surface area contributed by atoms with Crippen LogP contribution >= 0.6 is 23.1 Å². The number of hydrogen-bond acceptors (Lipinski definition) is 5. The first-order valence-corrected chi connectivity index (χ1v) is 10.5. The van der Waals surface area contributed by atoms with E-state index in [4.69, 9.17) is 0 Å². The Bertz CT molecular complexity index is 1030. The van der Waals surface area contributed by atoms with Gasteiger partial charge in [-0.3, -0.25) is 9.36 Å². The maximum absolute atomic E-state index is 13.0. The molecule has 2 heterocycles. The van der Waals surface area contributed by atoms with E-state index < -0.39 is 0 Å². The van der Waals surface area contributed by atoms with Gasteiger partial charge in [0.2, 0.25) is 0 Å². The quantitative estimate of drug-likeness (QED) is 0.357. The molecule has 0 unspecified atom stereocenters. The number of halogens is 1. The lowest BCUT2D eigenvalue weighted by Crippen LogP contribution is -2.27. The van der Waals surface area contributed by atoms with Crippen molar-refractivity contribution in [2.45, 2.75) is 30.8 Å². The highest BCUT2D eigenvalue weighted by molar-refractivity contribution is 8.00. The van der Waals surface area contributed by atoms with Gasteiger partial charge in [-0.2, -0.15) is 4.98 Å². The SMILES string of the molecule is O=C(CSc1nc(=O)n(Cc2cccs2)c2c1CCC2)c1ccc(F)cc1. The van der Waals surface area contributed by atoms with Gasteiger partial charge in [-0.05, 0) is 55.0 Å². The van der Waals surface area contributed by atoms with Crippen LogP contribution in [0.2, 0.25) is 0 Å². The van der Waals surface area contributed by atoms with Gasteiger partial charge in [0.1, 0.15) is 10.8 Å². The lowest BCUT2D eigenvalue weighted by molar-refractivity contribution is 0.102. The highest BCUT2D eigenvalue weighted by Crippen LogP contribution is 2.30. The largest absolute Gasteiger partial charge is 0.349 e. The number of thiophene rings is 1. The summed E-state index contributed by atoms with van der Waals surface area (Å²) in [5.41, 5.74) is 2.33. The van der Waals surface area contributed by atoms with Gasteiger partial charge in [0.15, 0.2) is 5.78 Å². The molecule has 0 fully saturated rings. The first-order valence-electron chi connectivity index (χ1n) is 8.68. The lowest BCUT2D eigenvalue weighted by Gasteiger charge is -2.13. The Morgan fingerprint density at radius 2 is 2.04 bits per heavy atom. The van der Waals surface area contributed by atoms with E-state index in [1.54, 1.807) is 15.9 Å². The van der Waals surface area contributed by atoms with Crippen LogP contribution < -0.4 is 5.69 Å². The van der Waals surface area contributed by atoms with Gasteiger partial charge in [-0.1, -0.05) is 17.8 Å². The number of Topliss-reactive ketones (excluding diaryl/α,β-unsaturated/α-hetero) is 1. The first kappa shape index (κ1) is 18.1. The van der Waals surface area contributed by atoms with Gasteiger partial charge in [-0.15, -0.1) is 11.3 Å². The van der Waals surface area contributed by atoms with Crippen LogP contribution in [0.15, 0.2) is 51.6 Å². The molecule has 4 rings (SSSR count). The molecule has 1 aliphatic rings. The average molecular weight is 401 g/mol. The molecule has 1 aromatic carbocycles. The zero-order chi connectivity index (χ0) is 18.8. The molecule has 0 N–H and O–H groups in total. The number of carbonyl (C=O) groups excluding carboxylic acids is 1. The van der Waals surface area contributed by atoms with Crippen LogP contribution in [0.1, 0.15) is 32.9 Å². The molecule has 0 bridgehead atoms. The predicted molar refractivity (Wildman–Crippen MR) is 105 cm³/mol. The van der Waals surface area contributed by atoms with Crippen molar-refractivity contribution < 1.29 is 9.18 Å². The summed E-state index contributed by atoms with van der Waals surface area (Å²) in [6, 6.07) is 9.51. The van der Waals surface area contributed by atoms with Crippen molar-refractivity contribution in [1.82, 2.24) is 9.55 Å². The van der Waals surface area contributed by atoms with E-state index in [9.17, 15) is 14.0 Å². The van der Waals surface area contributed by atoms with Gasteiger partial charge in [-0.25, -0.2) is 9.18 Å².